The quantitative estimate of drug-likeness (QED) is 0.673. The van der Waals surface area contributed by atoms with Crippen LogP contribution in [0.4, 0.5) is 0 Å². The molecule has 1 aliphatic rings. The van der Waals surface area contributed by atoms with Crippen molar-refractivity contribution in [3.8, 4) is 0 Å². The average molecular weight is 221 g/mol. The largest absolute Gasteiger partial charge is 0.320 e. The third kappa shape index (κ3) is 3.53. The first-order chi connectivity index (χ1) is 6.54. The van der Waals surface area contributed by atoms with E-state index in [1.54, 1.807) is 0 Å². The van der Waals surface area contributed by atoms with Crippen molar-refractivity contribution in [3.63, 3.8) is 0 Å². The Morgan fingerprint density at radius 1 is 1.43 bits per heavy atom. The normalized spacial score (nSPS) is 21.3. The number of hydrogen-bond donors (Lipinski definition) is 2. The molecule has 1 heterocycles. The van der Waals surface area contributed by atoms with Gasteiger partial charge in [0.1, 0.15) is 0 Å². The Hall–Kier alpha value is -0.170. The summed E-state index contributed by atoms with van der Waals surface area (Å²) in [6.07, 6.45) is 2.98. The monoisotopic (exact) mass is 221 g/mol. The van der Waals surface area contributed by atoms with Crippen molar-refractivity contribution in [1.82, 2.24) is 9.62 Å². The summed E-state index contributed by atoms with van der Waals surface area (Å²) in [6, 6.07) is 0. The molecule has 0 amide bonds. The van der Waals surface area contributed by atoms with E-state index in [9.17, 15) is 8.42 Å². The first-order valence-corrected chi connectivity index (χ1v) is 6.47. The molecular formula is C8H19N3O2S. The van der Waals surface area contributed by atoms with Crippen molar-refractivity contribution in [1.29, 1.82) is 0 Å². The van der Waals surface area contributed by atoms with Gasteiger partial charge >= 0.3 is 0 Å². The van der Waals surface area contributed by atoms with Gasteiger partial charge in [-0.25, -0.2) is 5.14 Å². The van der Waals surface area contributed by atoms with Crippen LogP contribution in [0.25, 0.3) is 0 Å². The van der Waals surface area contributed by atoms with E-state index in [1.165, 1.54) is 4.31 Å². The molecule has 0 atom stereocenters. The van der Waals surface area contributed by atoms with Gasteiger partial charge in [-0.15, -0.1) is 0 Å². The smallest absolute Gasteiger partial charge is 0.276 e. The molecule has 0 aromatic heterocycles. The van der Waals surface area contributed by atoms with Crippen LogP contribution in [0.5, 0.6) is 0 Å². The Morgan fingerprint density at radius 2 is 2.00 bits per heavy atom. The highest BCUT2D eigenvalue weighted by Crippen LogP contribution is 2.20. The van der Waals surface area contributed by atoms with Crippen molar-refractivity contribution in [3.05, 3.63) is 0 Å². The highest BCUT2D eigenvalue weighted by Gasteiger charge is 2.24. The number of nitrogens with zero attached hydrogens (tertiary/aromatic N) is 1. The van der Waals surface area contributed by atoms with E-state index in [1.807, 2.05) is 7.05 Å². The molecule has 5 nitrogen and oxygen atoms in total. The minimum Gasteiger partial charge on any atom is -0.320 e. The van der Waals surface area contributed by atoms with Gasteiger partial charge < -0.3 is 5.32 Å². The number of rotatable bonds is 4. The molecule has 1 rings (SSSR count). The van der Waals surface area contributed by atoms with Crippen LogP contribution in [-0.2, 0) is 10.2 Å². The van der Waals surface area contributed by atoms with Gasteiger partial charge in [-0.1, -0.05) is 0 Å². The fraction of sp³-hybridized carbons (Fsp3) is 1.00. The van der Waals surface area contributed by atoms with Gasteiger partial charge in [0.15, 0.2) is 0 Å². The first-order valence-electron chi connectivity index (χ1n) is 4.96. The Bertz CT molecular complexity index is 258. The summed E-state index contributed by atoms with van der Waals surface area (Å²) >= 11 is 0. The summed E-state index contributed by atoms with van der Waals surface area (Å²) < 4.78 is 23.4. The molecular weight excluding hydrogens is 202 g/mol. The number of piperidine rings is 1. The molecule has 6 heteroatoms. The van der Waals surface area contributed by atoms with E-state index >= 15 is 0 Å². The lowest BCUT2D eigenvalue weighted by molar-refractivity contribution is 0.263. The van der Waals surface area contributed by atoms with Crippen molar-refractivity contribution in [2.45, 2.75) is 19.3 Å². The molecule has 3 N–H and O–H groups in total. The zero-order valence-corrected chi connectivity index (χ0v) is 9.39. The highest BCUT2D eigenvalue weighted by molar-refractivity contribution is 7.86. The molecule has 0 unspecified atom stereocenters. The number of nitrogens with two attached hydrogens (primary N) is 1. The van der Waals surface area contributed by atoms with E-state index in [-0.39, 0.29) is 0 Å². The Kier molecular flexibility index (Phi) is 4.31. The van der Waals surface area contributed by atoms with Gasteiger partial charge in [-0.3, -0.25) is 0 Å². The van der Waals surface area contributed by atoms with Crippen LogP contribution in [0.2, 0.25) is 0 Å². The zero-order chi connectivity index (χ0) is 10.6. The van der Waals surface area contributed by atoms with E-state index in [2.05, 4.69) is 5.32 Å². The van der Waals surface area contributed by atoms with E-state index in [4.69, 9.17) is 5.14 Å². The Balaban J connectivity index is 2.31. The highest BCUT2D eigenvalue weighted by atomic mass is 32.2. The molecule has 0 spiro atoms. The summed E-state index contributed by atoms with van der Waals surface area (Å²) in [4.78, 5) is 0. The summed E-state index contributed by atoms with van der Waals surface area (Å²) in [5.41, 5.74) is 0. The molecule has 0 saturated carbocycles. The molecule has 1 aliphatic heterocycles. The van der Waals surface area contributed by atoms with Crippen LogP contribution in [0.15, 0.2) is 0 Å². The molecule has 1 fully saturated rings. The number of hydrogen-bond acceptors (Lipinski definition) is 3. The van der Waals surface area contributed by atoms with Crippen molar-refractivity contribution in [2.75, 3.05) is 26.7 Å². The summed E-state index contributed by atoms with van der Waals surface area (Å²) in [7, 11) is -1.52. The van der Waals surface area contributed by atoms with Crippen LogP contribution in [-0.4, -0.2) is 39.4 Å². The average Bonchev–Trinajstić information content (AvgIpc) is 2.14. The first kappa shape index (κ1) is 11.9. The maximum Gasteiger partial charge on any atom is 0.276 e. The molecule has 84 valence electrons. The maximum absolute atomic E-state index is 11.0. The zero-order valence-electron chi connectivity index (χ0n) is 8.57. The van der Waals surface area contributed by atoms with Gasteiger partial charge in [0, 0.05) is 13.1 Å². The van der Waals surface area contributed by atoms with Crippen LogP contribution in [0.1, 0.15) is 19.3 Å². The minimum atomic E-state index is -3.45. The summed E-state index contributed by atoms with van der Waals surface area (Å²) in [6.45, 7) is 2.15. The van der Waals surface area contributed by atoms with E-state index in [0.717, 1.165) is 25.8 Å². The Morgan fingerprint density at radius 3 is 2.43 bits per heavy atom. The summed E-state index contributed by atoms with van der Waals surface area (Å²) in [5, 5.41) is 8.14. The van der Waals surface area contributed by atoms with Crippen LogP contribution in [0.3, 0.4) is 0 Å². The molecule has 0 radical (unpaired) electrons. The predicted molar refractivity (Wildman–Crippen MR) is 55.9 cm³/mol. The van der Waals surface area contributed by atoms with Gasteiger partial charge in [0.05, 0.1) is 0 Å². The van der Waals surface area contributed by atoms with Gasteiger partial charge in [-0.05, 0) is 38.8 Å². The lowest BCUT2D eigenvalue weighted by Crippen LogP contribution is -2.42. The van der Waals surface area contributed by atoms with Crippen LogP contribution in [0, 0.1) is 5.92 Å². The molecule has 1 saturated heterocycles. The van der Waals surface area contributed by atoms with E-state index in [0.29, 0.717) is 19.0 Å². The second-order valence-corrected chi connectivity index (χ2v) is 5.33. The topological polar surface area (TPSA) is 75.4 Å². The fourth-order valence-electron chi connectivity index (χ4n) is 1.80. The summed E-state index contributed by atoms with van der Waals surface area (Å²) in [5.74, 6) is 0.639. The maximum atomic E-state index is 11.0. The standard InChI is InChI=1S/C8H19N3O2S/c1-10-5-2-8-3-6-11(7-4-8)14(9,12)13/h8,10H,2-7H2,1H3,(H2,9,12,13). The minimum absolute atomic E-state index is 0.577. The molecule has 0 aromatic carbocycles. The fourth-order valence-corrected chi connectivity index (χ4v) is 2.52. The van der Waals surface area contributed by atoms with Crippen molar-refractivity contribution >= 4 is 10.2 Å². The predicted octanol–water partition coefficient (Wildman–Crippen LogP) is -0.489. The van der Waals surface area contributed by atoms with Crippen LogP contribution < -0.4 is 10.5 Å². The lowest BCUT2D eigenvalue weighted by Gasteiger charge is -2.29. The van der Waals surface area contributed by atoms with Crippen molar-refractivity contribution < 1.29 is 8.42 Å². The molecule has 0 aromatic rings. The van der Waals surface area contributed by atoms with E-state index < -0.39 is 10.2 Å². The van der Waals surface area contributed by atoms with Gasteiger partial charge in [0.2, 0.25) is 0 Å². The SMILES string of the molecule is CNCCC1CCN(S(N)(=O)=O)CC1. The molecule has 0 bridgehead atoms. The Labute approximate surface area is 85.8 Å². The lowest BCUT2D eigenvalue weighted by atomic mass is 9.95. The van der Waals surface area contributed by atoms with Crippen LogP contribution >= 0.6 is 0 Å². The molecule has 0 aliphatic carbocycles. The third-order valence-electron chi connectivity index (χ3n) is 2.74. The van der Waals surface area contributed by atoms with Crippen molar-refractivity contribution in [2.24, 2.45) is 11.1 Å². The number of nitrogens with one attached hydrogen (secondary N) is 1. The van der Waals surface area contributed by atoms with Gasteiger partial charge in [0.25, 0.3) is 10.2 Å². The third-order valence-corrected chi connectivity index (χ3v) is 3.82. The second-order valence-electron chi connectivity index (χ2n) is 3.78. The second kappa shape index (κ2) is 5.06. The van der Waals surface area contributed by atoms with Gasteiger partial charge in [-0.2, -0.15) is 12.7 Å². The molecule has 14 heavy (non-hydrogen) atoms.